The van der Waals surface area contributed by atoms with Gasteiger partial charge in [-0.2, -0.15) is 0 Å². The molecule has 1 nitrogen and oxygen atoms in total. The van der Waals surface area contributed by atoms with Gasteiger partial charge in [-0.25, -0.2) is 0 Å². The molecule has 0 radical (unpaired) electrons. The molecular formula is C16H22O. The number of rotatable bonds is 4. The maximum Gasteiger partial charge on any atom is 0.120 e. The lowest BCUT2D eigenvalue weighted by atomic mass is 9.91. The lowest BCUT2D eigenvalue weighted by Crippen LogP contribution is -2.04. The van der Waals surface area contributed by atoms with E-state index < -0.39 is 0 Å². The SMILES string of the molecule is O=CCC1CCCC(Cc2ccccc2)CC1. The number of hydrogen-bond acceptors (Lipinski definition) is 1. The average molecular weight is 230 g/mol. The molecule has 1 aliphatic carbocycles. The summed E-state index contributed by atoms with van der Waals surface area (Å²) in [7, 11) is 0. The van der Waals surface area contributed by atoms with E-state index >= 15 is 0 Å². The lowest BCUT2D eigenvalue weighted by molar-refractivity contribution is -0.108. The Labute approximate surface area is 104 Å². The van der Waals surface area contributed by atoms with Crippen molar-refractivity contribution in [3.63, 3.8) is 0 Å². The first-order valence-electron chi connectivity index (χ1n) is 6.86. The molecule has 0 aromatic heterocycles. The van der Waals surface area contributed by atoms with Gasteiger partial charge in [0.05, 0.1) is 0 Å². The van der Waals surface area contributed by atoms with Crippen LogP contribution in [0.15, 0.2) is 30.3 Å². The standard InChI is InChI=1S/C16H22O/c17-12-11-14-7-4-8-16(10-9-14)13-15-5-2-1-3-6-15/h1-3,5-6,12,14,16H,4,7-11,13H2. The topological polar surface area (TPSA) is 17.1 Å². The van der Waals surface area contributed by atoms with E-state index in [1.807, 2.05) is 0 Å². The molecule has 0 N–H and O–H groups in total. The van der Waals surface area contributed by atoms with Crippen molar-refractivity contribution in [2.24, 2.45) is 11.8 Å². The zero-order chi connectivity index (χ0) is 11.9. The first kappa shape index (κ1) is 12.3. The fourth-order valence-electron chi connectivity index (χ4n) is 2.98. The molecule has 1 aromatic carbocycles. The Kier molecular flexibility index (Phi) is 4.78. The van der Waals surface area contributed by atoms with E-state index in [-0.39, 0.29) is 0 Å². The minimum absolute atomic E-state index is 0.660. The monoisotopic (exact) mass is 230 g/mol. The summed E-state index contributed by atoms with van der Waals surface area (Å²) >= 11 is 0. The summed E-state index contributed by atoms with van der Waals surface area (Å²) in [5.41, 5.74) is 1.46. The van der Waals surface area contributed by atoms with Gasteiger partial charge >= 0.3 is 0 Å². The molecule has 92 valence electrons. The van der Waals surface area contributed by atoms with Crippen LogP contribution in [-0.4, -0.2) is 6.29 Å². The second kappa shape index (κ2) is 6.58. The molecule has 1 saturated carbocycles. The molecule has 0 heterocycles. The van der Waals surface area contributed by atoms with Gasteiger partial charge in [-0.15, -0.1) is 0 Å². The number of benzene rings is 1. The van der Waals surface area contributed by atoms with E-state index in [0.717, 1.165) is 18.6 Å². The minimum atomic E-state index is 0.660. The maximum atomic E-state index is 10.6. The summed E-state index contributed by atoms with van der Waals surface area (Å²) in [6, 6.07) is 10.8. The van der Waals surface area contributed by atoms with E-state index in [2.05, 4.69) is 30.3 Å². The third-order valence-electron chi connectivity index (χ3n) is 4.00. The van der Waals surface area contributed by atoms with Crippen molar-refractivity contribution in [2.45, 2.75) is 44.9 Å². The maximum absolute atomic E-state index is 10.6. The van der Waals surface area contributed by atoms with Crippen LogP contribution in [0.4, 0.5) is 0 Å². The highest BCUT2D eigenvalue weighted by Gasteiger charge is 2.18. The van der Waals surface area contributed by atoms with Crippen LogP contribution in [0.2, 0.25) is 0 Å². The van der Waals surface area contributed by atoms with Crippen molar-refractivity contribution in [3.8, 4) is 0 Å². The largest absolute Gasteiger partial charge is 0.303 e. The Morgan fingerprint density at radius 1 is 1.00 bits per heavy atom. The molecule has 1 aromatic rings. The molecule has 17 heavy (non-hydrogen) atoms. The molecule has 0 saturated heterocycles. The van der Waals surface area contributed by atoms with Gasteiger partial charge in [-0.3, -0.25) is 0 Å². The van der Waals surface area contributed by atoms with E-state index in [4.69, 9.17) is 0 Å². The molecule has 1 aliphatic rings. The average Bonchev–Trinajstić information content (AvgIpc) is 2.57. The molecule has 2 rings (SSSR count). The summed E-state index contributed by atoms with van der Waals surface area (Å²) in [5.74, 6) is 1.49. The van der Waals surface area contributed by atoms with Crippen molar-refractivity contribution in [2.75, 3.05) is 0 Å². The predicted molar refractivity (Wildman–Crippen MR) is 70.9 cm³/mol. The van der Waals surface area contributed by atoms with Crippen LogP contribution in [0, 0.1) is 11.8 Å². The van der Waals surface area contributed by atoms with Crippen molar-refractivity contribution in [3.05, 3.63) is 35.9 Å². The van der Waals surface area contributed by atoms with Crippen LogP contribution in [0.3, 0.4) is 0 Å². The fourth-order valence-corrected chi connectivity index (χ4v) is 2.98. The lowest BCUT2D eigenvalue weighted by Gasteiger charge is -2.14. The van der Waals surface area contributed by atoms with Gasteiger partial charge in [0.2, 0.25) is 0 Å². The van der Waals surface area contributed by atoms with Crippen LogP contribution < -0.4 is 0 Å². The second-order valence-electron chi connectivity index (χ2n) is 5.33. The van der Waals surface area contributed by atoms with Crippen LogP contribution in [0.5, 0.6) is 0 Å². The molecule has 2 atom stereocenters. The molecule has 0 amide bonds. The third-order valence-corrected chi connectivity index (χ3v) is 4.00. The van der Waals surface area contributed by atoms with Gasteiger partial charge in [0.15, 0.2) is 0 Å². The molecule has 0 spiro atoms. The molecular weight excluding hydrogens is 208 g/mol. The zero-order valence-corrected chi connectivity index (χ0v) is 10.5. The molecule has 2 unspecified atom stereocenters. The highest BCUT2D eigenvalue weighted by molar-refractivity contribution is 5.49. The van der Waals surface area contributed by atoms with E-state index in [9.17, 15) is 4.79 Å². The fraction of sp³-hybridized carbons (Fsp3) is 0.562. The Morgan fingerprint density at radius 3 is 2.47 bits per heavy atom. The highest BCUT2D eigenvalue weighted by atomic mass is 16.1. The first-order valence-corrected chi connectivity index (χ1v) is 6.86. The van der Waals surface area contributed by atoms with Crippen molar-refractivity contribution in [1.82, 2.24) is 0 Å². The molecule has 0 bridgehead atoms. The van der Waals surface area contributed by atoms with Gasteiger partial charge in [-0.05, 0) is 36.7 Å². The van der Waals surface area contributed by atoms with Crippen LogP contribution >= 0.6 is 0 Å². The zero-order valence-electron chi connectivity index (χ0n) is 10.5. The van der Waals surface area contributed by atoms with Crippen LogP contribution in [0.25, 0.3) is 0 Å². The molecule has 1 heteroatoms. The first-order chi connectivity index (χ1) is 8.38. The van der Waals surface area contributed by atoms with E-state index in [1.165, 1.54) is 44.1 Å². The number of carbonyl (C=O) groups is 1. The highest BCUT2D eigenvalue weighted by Crippen LogP contribution is 2.30. The van der Waals surface area contributed by atoms with Crippen molar-refractivity contribution >= 4 is 6.29 Å². The number of hydrogen-bond donors (Lipinski definition) is 0. The predicted octanol–water partition coefficient (Wildman–Crippen LogP) is 4.01. The Hall–Kier alpha value is -1.11. The molecule has 0 aliphatic heterocycles. The summed E-state index contributed by atoms with van der Waals surface area (Å²) in [5, 5.41) is 0. The van der Waals surface area contributed by atoms with Gasteiger partial charge in [0, 0.05) is 6.42 Å². The number of carbonyl (C=O) groups excluding carboxylic acids is 1. The molecule has 1 fully saturated rings. The smallest absolute Gasteiger partial charge is 0.120 e. The van der Waals surface area contributed by atoms with Crippen molar-refractivity contribution in [1.29, 1.82) is 0 Å². The van der Waals surface area contributed by atoms with Gasteiger partial charge in [0.25, 0.3) is 0 Å². The van der Waals surface area contributed by atoms with Crippen LogP contribution in [0.1, 0.15) is 44.1 Å². The summed E-state index contributed by atoms with van der Waals surface area (Å²) in [4.78, 5) is 10.6. The third kappa shape index (κ3) is 3.99. The Morgan fingerprint density at radius 2 is 1.71 bits per heavy atom. The van der Waals surface area contributed by atoms with Gasteiger partial charge in [0.1, 0.15) is 6.29 Å². The van der Waals surface area contributed by atoms with E-state index in [0.29, 0.717) is 5.92 Å². The second-order valence-corrected chi connectivity index (χ2v) is 5.33. The summed E-state index contributed by atoms with van der Waals surface area (Å²) in [6.07, 6.45) is 9.53. The quantitative estimate of drug-likeness (QED) is 0.564. The Balaban J connectivity index is 1.84. The van der Waals surface area contributed by atoms with E-state index in [1.54, 1.807) is 0 Å². The van der Waals surface area contributed by atoms with Gasteiger partial charge < -0.3 is 4.79 Å². The van der Waals surface area contributed by atoms with Crippen molar-refractivity contribution < 1.29 is 4.79 Å². The summed E-state index contributed by atoms with van der Waals surface area (Å²) < 4.78 is 0. The van der Waals surface area contributed by atoms with Gasteiger partial charge in [-0.1, -0.05) is 49.6 Å². The Bertz CT molecular complexity index is 331. The number of aldehydes is 1. The van der Waals surface area contributed by atoms with Crippen LogP contribution in [-0.2, 0) is 11.2 Å². The summed E-state index contributed by atoms with van der Waals surface area (Å²) in [6.45, 7) is 0. The minimum Gasteiger partial charge on any atom is -0.303 e. The normalized spacial score (nSPS) is 25.2.